The van der Waals surface area contributed by atoms with Crippen LogP contribution in [-0.2, 0) is 11.2 Å². The van der Waals surface area contributed by atoms with Crippen molar-refractivity contribution in [3.8, 4) is 5.75 Å². The van der Waals surface area contributed by atoms with E-state index in [4.69, 9.17) is 4.74 Å². The summed E-state index contributed by atoms with van der Waals surface area (Å²) in [6, 6.07) is 5.02. The van der Waals surface area contributed by atoms with E-state index in [0.717, 1.165) is 48.1 Å². The normalized spacial score (nSPS) is 22.2. The van der Waals surface area contributed by atoms with Crippen molar-refractivity contribution in [2.45, 2.75) is 50.7 Å². The van der Waals surface area contributed by atoms with Gasteiger partial charge in [-0.3, -0.25) is 4.79 Å². The molecule has 1 atom stereocenters. The maximum atomic E-state index is 13.1. The van der Waals surface area contributed by atoms with Gasteiger partial charge < -0.3 is 9.64 Å². The monoisotopic (exact) mass is 341 g/mol. The quantitative estimate of drug-likeness (QED) is 0.804. The molecule has 0 saturated heterocycles. The van der Waals surface area contributed by atoms with Gasteiger partial charge in [0.15, 0.2) is 0 Å². The molecule has 0 radical (unpaired) electrons. The summed E-state index contributed by atoms with van der Waals surface area (Å²) in [5.41, 5.74) is 1.85. The third-order valence-electron chi connectivity index (χ3n) is 5.23. The van der Waals surface area contributed by atoms with Crippen LogP contribution in [0.5, 0.6) is 5.75 Å². The van der Waals surface area contributed by atoms with Crippen molar-refractivity contribution in [1.29, 1.82) is 0 Å². The first-order valence-corrected chi connectivity index (χ1v) is 8.46. The van der Waals surface area contributed by atoms with Crippen LogP contribution in [0.1, 0.15) is 49.3 Å². The van der Waals surface area contributed by atoms with Gasteiger partial charge in [0.05, 0.1) is 13.2 Å². The third-order valence-corrected chi connectivity index (χ3v) is 5.23. The lowest BCUT2D eigenvalue weighted by Crippen LogP contribution is -2.48. The second-order valence-corrected chi connectivity index (χ2v) is 6.65. The number of amides is 1. The molecule has 1 fully saturated rings. The number of methoxy groups -OCH3 is 1. The Morgan fingerprint density at radius 3 is 2.54 bits per heavy atom. The Morgan fingerprint density at radius 1 is 1.21 bits per heavy atom. The smallest absolute Gasteiger partial charge is 0.471 e. The Bertz CT molecular complexity index is 609. The highest BCUT2D eigenvalue weighted by atomic mass is 19.4. The lowest BCUT2D eigenvalue weighted by Gasteiger charge is -2.43. The van der Waals surface area contributed by atoms with E-state index in [2.05, 4.69) is 0 Å². The van der Waals surface area contributed by atoms with Gasteiger partial charge in [-0.05, 0) is 48.4 Å². The summed E-state index contributed by atoms with van der Waals surface area (Å²) >= 11 is 0. The van der Waals surface area contributed by atoms with Gasteiger partial charge in [0.1, 0.15) is 5.75 Å². The van der Waals surface area contributed by atoms with E-state index in [1.54, 1.807) is 13.2 Å². The average molecular weight is 341 g/mol. The minimum Gasteiger partial charge on any atom is -0.497 e. The van der Waals surface area contributed by atoms with Crippen molar-refractivity contribution in [3.05, 3.63) is 29.3 Å². The van der Waals surface area contributed by atoms with Crippen molar-refractivity contribution < 1.29 is 22.7 Å². The number of halogens is 3. The SMILES string of the molecule is COc1ccc2c(c1)CCN(C(=O)C(F)(F)F)C2C1CCCCC1. The van der Waals surface area contributed by atoms with Crippen LogP contribution in [0.25, 0.3) is 0 Å². The van der Waals surface area contributed by atoms with Gasteiger partial charge in [0.25, 0.3) is 0 Å². The molecule has 2 aliphatic rings. The Morgan fingerprint density at radius 2 is 1.92 bits per heavy atom. The molecular formula is C18H22F3NO2. The molecule has 1 saturated carbocycles. The Labute approximate surface area is 139 Å². The number of carbonyl (C=O) groups excluding carboxylic acids is 1. The number of rotatable bonds is 2. The lowest BCUT2D eigenvalue weighted by molar-refractivity contribution is -0.190. The van der Waals surface area contributed by atoms with E-state index in [-0.39, 0.29) is 12.5 Å². The predicted molar refractivity (Wildman–Crippen MR) is 83.8 cm³/mol. The molecule has 3 nitrogen and oxygen atoms in total. The van der Waals surface area contributed by atoms with Crippen LogP contribution in [0.2, 0.25) is 0 Å². The Balaban J connectivity index is 1.99. The maximum absolute atomic E-state index is 13.1. The van der Waals surface area contributed by atoms with E-state index in [1.807, 2.05) is 12.1 Å². The van der Waals surface area contributed by atoms with Crippen LogP contribution in [0.15, 0.2) is 18.2 Å². The number of carbonyl (C=O) groups is 1. The third kappa shape index (κ3) is 3.23. The number of benzene rings is 1. The first-order chi connectivity index (χ1) is 11.4. The molecule has 0 bridgehead atoms. The molecule has 24 heavy (non-hydrogen) atoms. The molecule has 1 aromatic rings. The molecule has 132 valence electrons. The molecule has 1 aliphatic heterocycles. The summed E-state index contributed by atoms with van der Waals surface area (Å²) in [7, 11) is 1.57. The largest absolute Gasteiger partial charge is 0.497 e. The molecule has 1 heterocycles. The van der Waals surface area contributed by atoms with E-state index in [0.29, 0.717) is 12.2 Å². The van der Waals surface area contributed by atoms with Crippen molar-refractivity contribution in [2.75, 3.05) is 13.7 Å². The zero-order valence-corrected chi connectivity index (χ0v) is 13.7. The van der Waals surface area contributed by atoms with Gasteiger partial charge >= 0.3 is 12.1 Å². The molecule has 0 aromatic heterocycles. The van der Waals surface area contributed by atoms with Gasteiger partial charge in [-0.15, -0.1) is 0 Å². The summed E-state index contributed by atoms with van der Waals surface area (Å²) < 4.78 is 44.4. The molecule has 6 heteroatoms. The molecule has 1 unspecified atom stereocenters. The molecule has 1 aromatic carbocycles. The fourth-order valence-electron chi connectivity index (χ4n) is 4.11. The summed E-state index contributed by atoms with van der Waals surface area (Å²) in [5.74, 6) is -0.913. The van der Waals surface area contributed by atoms with Gasteiger partial charge in [-0.1, -0.05) is 25.3 Å². The molecule has 1 amide bonds. The van der Waals surface area contributed by atoms with Gasteiger partial charge in [0, 0.05) is 6.54 Å². The fraction of sp³-hybridized carbons (Fsp3) is 0.611. The summed E-state index contributed by atoms with van der Waals surface area (Å²) in [4.78, 5) is 13.0. The van der Waals surface area contributed by atoms with E-state index < -0.39 is 18.1 Å². The van der Waals surface area contributed by atoms with Crippen LogP contribution in [-0.4, -0.2) is 30.6 Å². The average Bonchev–Trinajstić information content (AvgIpc) is 2.59. The zero-order valence-electron chi connectivity index (χ0n) is 13.7. The summed E-state index contributed by atoms with van der Waals surface area (Å²) in [6.07, 6.45) is 0.497. The van der Waals surface area contributed by atoms with Crippen LogP contribution in [0, 0.1) is 5.92 Å². The first kappa shape index (κ1) is 17.1. The second-order valence-electron chi connectivity index (χ2n) is 6.65. The Kier molecular flexibility index (Phi) is 4.74. The summed E-state index contributed by atoms with van der Waals surface area (Å²) in [6.45, 7) is 0.111. The minimum atomic E-state index is -4.82. The van der Waals surface area contributed by atoms with Crippen molar-refractivity contribution in [3.63, 3.8) is 0 Å². The highest BCUT2D eigenvalue weighted by Crippen LogP contribution is 2.44. The van der Waals surface area contributed by atoms with E-state index in [1.165, 1.54) is 0 Å². The lowest BCUT2D eigenvalue weighted by atomic mass is 9.77. The van der Waals surface area contributed by atoms with Gasteiger partial charge in [0.2, 0.25) is 0 Å². The number of fused-ring (bicyclic) bond motifs is 1. The highest BCUT2D eigenvalue weighted by Gasteiger charge is 2.47. The topological polar surface area (TPSA) is 29.5 Å². The van der Waals surface area contributed by atoms with Crippen LogP contribution in [0.4, 0.5) is 13.2 Å². The van der Waals surface area contributed by atoms with Crippen molar-refractivity contribution in [2.24, 2.45) is 5.92 Å². The van der Waals surface area contributed by atoms with Crippen molar-refractivity contribution >= 4 is 5.91 Å². The second kappa shape index (κ2) is 6.65. The van der Waals surface area contributed by atoms with E-state index in [9.17, 15) is 18.0 Å². The van der Waals surface area contributed by atoms with E-state index >= 15 is 0 Å². The fourth-order valence-corrected chi connectivity index (χ4v) is 4.11. The molecule has 3 rings (SSSR count). The number of alkyl halides is 3. The van der Waals surface area contributed by atoms with Gasteiger partial charge in [-0.2, -0.15) is 13.2 Å². The number of nitrogens with zero attached hydrogens (tertiary/aromatic N) is 1. The number of hydrogen-bond acceptors (Lipinski definition) is 2. The zero-order chi connectivity index (χ0) is 17.3. The first-order valence-electron chi connectivity index (χ1n) is 8.46. The number of ether oxygens (including phenoxy) is 1. The molecular weight excluding hydrogens is 319 g/mol. The standard InChI is InChI=1S/C18H22F3NO2/c1-24-14-7-8-15-13(11-14)9-10-22(17(23)18(19,20)21)16(15)12-5-3-2-4-6-12/h7-8,11-12,16H,2-6,9-10H2,1H3. The van der Waals surface area contributed by atoms with Crippen LogP contribution >= 0.6 is 0 Å². The minimum absolute atomic E-state index is 0.0949. The van der Waals surface area contributed by atoms with Crippen LogP contribution in [0.3, 0.4) is 0 Å². The molecule has 1 aliphatic carbocycles. The number of hydrogen-bond donors (Lipinski definition) is 0. The summed E-state index contributed by atoms with van der Waals surface area (Å²) in [5, 5.41) is 0. The van der Waals surface area contributed by atoms with Crippen LogP contribution < -0.4 is 4.74 Å². The van der Waals surface area contributed by atoms with Crippen molar-refractivity contribution in [1.82, 2.24) is 4.90 Å². The highest BCUT2D eigenvalue weighted by molar-refractivity contribution is 5.82. The molecule has 0 spiro atoms. The molecule has 0 N–H and O–H groups in total. The predicted octanol–water partition coefficient (Wildman–Crippen LogP) is 4.26. The maximum Gasteiger partial charge on any atom is 0.471 e. The van der Waals surface area contributed by atoms with Gasteiger partial charge in [-0.25, -0.2) is 0 Å². The Hall–Kier alpha value is -1.72.